The number of rotatable bonds is 5. The molecule has 0 aromatic heterocycles. The van der Waals surface area contributed by atoms with Gasteiger partial charge in [-0.05, 0) is 31.2 Å². The highest BCUT2D eigenvalue weighted by Gasteiger charge is 2.17. The number of hydrogen-bond acceptors (Lipinski definition) is 3. The maximum absolute atomic E-state index is 12.5. The molecule has 0 unspecified atom stereocenters. The van der Waals surface area contributed by atoms with Crippen molar-refractivity contribution in [3.8, 4) is 0 Å². The molecular formula is C17H20N2O3S. The Bertz CT molecular complexity index is 797. The summed E-state index contributed by atoms with van der Waals surface area (Å²) in [6.45, 7) is 5.43. The number of carbonyl (C=O) groups is 1. The molecule has 6 heteroatoms. The molecule has 23 heavy (non-hydrogen) atoms. The van der Waals surface area contributed by atoms with Crippen LogP contribution in [0.25, 0.3) is 0 Å². The quantitative estimate of drug-likeness (QED) is 0.881. The van der Waals surface area contributed by atoms with Gasteiger partial charge in [0.25, 0.3) is 10.0 Å². The van der Waals surface area contributed by atoms with Crippen molar-refractivity contribution in [2.45, 2.75) is 25.7 Å². The van der Waals surface area contributed by atoms with Crippen LogP contribution in [0.4, 0.5) is 11.4 Å². The summed E-state index contributed by atoms with van der Waals surface area (Å²) in [5.41, 5.74) is 1.75. The van der Waals surface area contributed by atoms with Crippen LogP contribution in [0.5, 0.6) is 0 Å². The van der Waals surface area contributed by atoms with Gasteiger partial charge >= 0.3 is 0 Å². The molecule has 0 radical (unpaired) electrons. The summed E-state index contributed by atoms with van der Waals surface area (Å²) in [6, 6.07) is 13.3. The molecule has 2 aromatic carbocycles. The number of para-hydroxylation sites is 2. The molecule has 0 aliphatic rings. The minimum absolute atomic E-state index is 0.174. The van der Waals surface area contributed by atoms with E-state index in [1.807, 2.05) is 6.92 Å². The Morgan fingerprint density at radius 1 is 0.957 bits per heavy atom. The molecule has 2 rings (SSSR count). The van der Waals surface area contributed by atoms with E-state index < -0.39 is 10.0 Å². The summed E-state index contributed by atoms with van der Waals surface area (Å²) in [4.78, 5) is 12.0. The number of hydrogen-bond donors (Lipinski definition) is 2. The van der Waals surface area contributed by atoms with Crippen LogP contribution in [-0.4, -0.2) is 14.3 Å². The van der Waals surface area contributed by atoms with Crippen LogP contribution in [0.2, 0.25) is 0 Å². The molecule has 1 amide bonds. The predicted octanol–water partition coefficient (Wildman–Crippen LogP) is 3.39. The van der Waals surface area contributed by atoms with Gasteiger partial charge < -0.3 is 5.32 Å². The first-order valence-electron chi connectivity index (χ1n) is 7.29. The Balaban J connectivity index is 2.29. The smallest absolute Gasteiger partial charge is 0.261 e. The molecule has 0 bridgehead atoms. The molecule has 2 N–H and O–H groups in total. The zero-order valence-electron chi connectivity index (χ0n) is 13.3. The Hall–Kier alpha value is -2.34. The molecule has 0 spiro atoms. The van der Waals surface area contributed by atoms with Crippen LogP contribution in [-0.2, 0) is 14.8 Å². The minimum Gasteiger partial charge on any atom is -0.324 e. The number of aryl methyl sites for hydroxylation is 1. The highest BCUT2D eigenvalue weighted by atomic mass is 32.2. The van der Waals surface area contributed by atoms with E-state index in [1.54, 1.807) is 62.4 Å². The van der Waals surface area contributed by atoms with Gasteiger partial charge in [0.15, 0.2) is 0 Å². The van der Waals surface area contributed by atoms with Crippen LogP contribution < -0.4 is 10.0 Å². The van der Waals surface area contributed by atoms with Crippen LogP contribution >= 0.6 is 0 Å². The fourth-order valence-corrected chi connectivity index (χ4v) is 2.96. The number of carbonyl (C=O) groups excluding carboxylic acids is 1. The van der Waals surface area contributed by atoms with Crippen LogP contribution in [0.3, 0.4) is 0 Å². The van der Waals surface area contributed by atoms with E-state index in [9.17, 15) is 13.2 Å². The van der Waals surface area contributed by atoms with Gasteiger partial charge in [-0.15, -0.1) is 0 Å². The normalized spacial score (nSPS) is 11.3. The van der Waals surface area contributed by atoms with Crippen molar-refractivity contribution in [1.82, 2.24) is 0 Å². The van der Waals surface area contributed by atoms with Gasteiger partial charge in [0, 0.05) is 5.92 Å². The Morgan fingerprint density at radius 2 is 1.52 bits per heavy atom. The second kappa shape index (κ2) is 6.83. The van der Waals surface area contributed by atoms with E-state index in [-0.39, 0.29) is 16.7 Å². The van der Waals surface area contributed by atoms with E-state index >= 15 is 0 Å². The lowest BCUT2D eigenvalue weighted by atomic mass is 10.2. The molecule has 0 aliphatic carbocycles. The van der Waals surface area contributed by atoms with E-state index in [1.165, 1.54) is 0 Å². The monoisotopic (exact) mass is 332 g/mol. The van der Waals surface area contributed by atoms with Gasteiger partial charge in [0.2, 0.25) is 5.91 Å². The van der Waals surface area contributed by atoms with Crippen LogP contribution in [0, 0.1) is 12.8 Å². The molecule has 0 heterocycles. The van der Waals surface area contributed by atoms with Crippen molar-refractivity contribution in [3.63, 3.8) is 0 Å². The van der Waals surface area contributed by atoms with Crippen molar-refractivity contribution >= 4 is 27.3 Å². The van der Waals surface area contributed by atoms with Crippen LogP contribution in [0.15, 0.2) is 53.4 Å². The maximum Gasteiger partial charge on any atom is 0.261 e. The number of amides is 1. The van der Waals surface area contributed by atoms with Gasteiger partial charge in [-0.3, -0.25) is 9.52 Å². The lowest BCUT2D eigenvalue weighted by molar-refractivity contribution is -0.118. The summed E-state index contributed by atoms with van der Waals surface area (Å²) in [5, 5.41) is 2.73. The third-order valence-corrected chi connectivity index (χ3v) is 4.67. The number of sulfonamides is 1. The van der Waals surface area contributed by atoms with Crippen LogP contribution in [0.1, 0.15) is 19.4 Å². The Labute approximate surface area is 136 Å². The van der Waals surface area contributed by atoms with Gasteiger partial charge in [0.1, 0.15) is 0 Å². The zero-order valence-corrected chi connectivity index (χ0v) is 14.1. The molecule has 5 nitrogen and oxygen atoms in total. The summed E-state index contributed by atoms with van der Waals surface area (Å²) in [5.74, 6) is -0.372. The van der Waals surface area contributed by atoms with Crippen molar-refractivity contribution in [1.29, 1.82) is 0 Å². The molecule has 122 valence electrons. The molecule has 0 aliphatic heterocycles. The lowest BCUT2D eigenvalue weighted by Gasteiger charge is -2.14. The molecule has 0 saturated carbocycles. The van der Waals surface area contributed by atoms with E-state index in [2.05, 4.69) is 10.0 Å². The molecule has 0 atom stereocenters. The number of anilines is 2. The van der Waals surface area contributed by atoms with Crippen molar-refractivity contribution in [2.24, 2.45) is 5.92 Å². The Kier molecular flexibility index (Phi) is 5.05. The largest absolute Gasteiger partial charge is 0.324 e. The van der Waals surface area contributed by atoms with Gasteiger partial charge in [-0.1, -0.05) is 43.7 Å². The first-order chi connectivity index (χ1) is 10.8. The third-order valence-electron chi connectivity index (χ3n) is 3.28. The standard InChI is InChI=1S/C17H20N2O3S/c1-12(2)17(20)18-15-6-4-5-7-16(15)19-23(21,22)14-10-8-13(3)9-11-14/h4-12,19H,1-3H3,(H,18,20). The second-order valence-electron chi connectivity index (χ2n) is 5.61. The molecule has 0 fully saturated rings. The van der Waals surface area contributed by atoms with E-state index in [0.717, 1.165) is 5.56 Å². The lowest BCUT2D eigenvalue weighted by Crippen LogP contribution is -2.20. The van der Waals surface area contributed by atoms with E-state index in [0.29, 0.717) is 11.4 Å². The summed E-state index contributed by atoms with van der Waals surface area (Å²) in [6.07, 6.45) is 0. The van der Waals surface area contributed by atoms with Crippen molar-refractivity contribution in [3.05, 3.63) is 54.1 Å². The third kappa shape index (κ3) is 4.32. The van der Waals surface area contributed by atoms with Gasteiger partial charge in [-0.2, -0.15) is 0 Å². The average molecular weight is 332 g/mol. The summed E-state index contributed by atoms with van der Waals surface area (Å²) >= 11 is 0. The van der Waals surface area contributed by atoms with Crippen molar-refractivity contribution < 1.29 is 13.2 Å². The maximum atomic E-state index is 12.5. The average Bonchev–Trinajstić information content (AvgIpc) is 2.49. The number of benzene rings is 2. The Morgan fingerprint density at radius 3 is 2.09 bits per heavy atom. The van der Waals surface area contributed by atoms with E-state index in [4.69, 9.17) is 0 Å². The minimum atomic E-state index is -3.71. The van der Waals surface area contributed by atoms with Gasteiger partial charge in [-0.25, -0.2) is 8.42 Å². The van der Waals surface area contributed by atoms with Gasteiger partial charge in [0.05, 0.1) is 16.3 Å². The summed E-state index contributed by atoms with van der Waals surface area (Å²) in [7, 11) is -3.71. The SMILES string of the molecule is Cc1ccc(S(=O)(=O)Nc2ccccc2NC(=O)C(C)C)cc1. The molecule has 0 saturated heterocycles. The first kappa shape index (κ1) is 17.0. The predicted molar refractivity (Wildman–Crippen MR) is 91.9 cm³/mol. The van der Waals surface area contributed by atoms with Crippen molar-refractivity contribution in [2.75, 3.05) is 10.0 Å². The zero-order chi connectivity index (χ0) is 17.0. The fraction of sp³-hybridized carbons (Fsp3) is 0.235. The number of nitrogens with one attached hydrogen (secondary N) is 2. The highest BCUT2D eigenvalue weighted by molar-refractivity contribution is 7.92. The fourth-order valence-electron chi connectivity index (χ4n) is 1.88. The molecular weight excluding hydrogens is 312 g/mol. The first-order valence-corrected chi connectivity index (χ1v) is 8.77. The second-order valence-corrected chi connectivity index (χ2v) is 7.29. The molecule has 2 aromatic rings. The highest BCUT2D eigenvalue weighted by Crippen LogP contribution is 2.25. The summed E-state index contributed by atoms with van der Waals surface area (Å²) < 4.78 is 27.4. The topological polar surface area (TPSA) is 75.3 Å².